The number of carboxylic acids is 1. The van der Waals surface area contributed by atoms with Crippen LogP contribution in [0.3, 0.4) is 0 Å². The van der Waals surface area contributed by atoms with Crippen LogP contribution in [0.5, 0.6) is 0 Å². The summed E-state index contributed by atoms with van der Waals surface area (Å²) < 4.78 is 0. The molecule has 19 heavy (non-hydrogen) atoms. The van der Waals surface area contributed by atoms with Crippen LogP contribution in [0, 0.1) is 5.92 Å². The molecule has 1 unspecified atom stereocenters. The number of nitrogens with one attached hydrogen (secondary N) is 2. The summed E-state index contributed by atoms with van der Waals surface area (Å²) in [5.41, 5.74) is 0.858. The summed E-state index contributed by atoms with van der Waals surface area (Å²) in [6.45, 7) is 3.91. The van der Waals surface area contributed by atoms with Crippen molar-refractivity contribution in [1.29, 1.82) is 0 Å². The van der Waals surface area contributed by atoms with E-state index in [0.717, 1.165) is 5.69 Å². The van der Waals surface area contributed by atoms with Crippen molar-refractivity contribution in [2.75, 3.05) is 11.9 Å². The third-order valence-corrected chi connectivity index (χ3v) is 2.77. The standard InChI is InChI=1S/C14H20N2O3/c1-10(2)12(8-14(18)19)16-13(17)9-15-11-6-4-3-5-7-11/h3-7,10,12,15H,8-9H2,1-2H3,(H,16,17)(H,18,19). The summed E-state index contributed by atoms with van der Waals surface area (Å²) in [6.07, 6.45) is -0.0608. The minimum atomic E-state index is -0.907. The molecule has 5 nitrogen and oxygen atoms in total. The zero-order valence-electron chi connectivity index (χ0n) is 11.2. The molecule has 0 heterocycles. The molecule has 0 aliphatic carbocycles. The molecule has 1 aromatic rings. The molecule has 0 saturated carbocycles. The summed E-state index contributed by atoms with van der Waals surface area (Å²) in [6, 6.07) is 9.04. The topological polar surface area (TPSA) is 78.4 Å². The highest BCUT2D eigenvalue weighted by atomic mass is 16.4. The summed E-state index contributed by atoms with van der Waals surface area (Å²) in [5.74, 6) is -1.03. The van der Waals surface area contributed by atoms with E-state index in [9.17, 15) is 9.59 Å². The van der Waals surface area contributed by atoms with Crippen LogP contribution in [0.25, 0.3) is 0 Å². The third kappa shape index (κ3) is 5.90. The molecule has 0 saturated heterocycles. The molecule has 104 valence electrons. The Hall–Kier alpha value is -2.04. The van der Waals surface area contributed by atoms with Crippen molar-refractivity contribution in [3.05, 3.63) is 30.3 Å². The summed E-state index contributed by atoms with van der Waals surface area (Å²) in [4.78, 5) is 22.5. The number of carbonyl (C=O) groups is 2. The maximum absolute atomic E-state index is 11.7. The van der Waals surface area contributed by atoms with E-state index in [4.69, 9.17) is 5.11 Å². The fourth-order valence-electron chi connectivity index (χ4n) is 1.64. The predicted octanol–water partition coefficient (Wildman–Crippen LogP) is 1.71. The van der Waals surface area contributed by atoms with Gasteiger partial charge in [-0.25, -0.2) is 0 Å². The molecule has 1 rings (SSSR count). The van der Waals surface area contributed by atoms with Crippen molar-refractivity contribution in [3.63, 3.8) is 0 Å². The van der Waals surface area contributed by atoms with Crippen LogP contribution in [0.15, 0.2) is 30.3 Å². The van der Waals surface area contributed by atoms with Gasteiger partial charge in [-0.2, -0.15) is 0 Å². The molecule has 1 aromatic carbocycles. The lowest BCUT2D eigenvalue weighted by atomic mass is 10.0. The van der Waals surface area contributed by atoms with Gasteiger partial charge in [-0.1, -0.05) is 32.0 Å². The van der Waals surface area contributed by atoms with Crippen LogP contribution >= 0.6 is 0 Å². The van der Waals surface area contributed by atoms with Crippen LogP contribution in [-0.4, -0.2) is 29.6 Å². The number of hydrogen-bond acceptors (Lipinski definition) is 3. The lowest BCUT2D eigenvalue weighted by Crippen LogP contribution is -2.42. The van der Waals surface area contributed by atoms with Crippen molar-refractivity contribution in [1.82, 2.24) is 5.32 Å². The highest BCUT2D eigenvalue weighted by Crippen LogP contribution is 2.07. The first kappa shape index (κ1) is 15.0. The van der Waals surface area contributed by atoms with Gasteiger partial charge in [-0.05, 0) is 18.1 Å². The first-order chi connectivity index (χ1) is 8.99. The number of carbonyl (C=O) groups excluding carboxylic acids is 1. The number of para-hydroxylation sites is 1. The normalized spacial score (nSPS) is 11.9. The molecule has 0 radical (unpaired) electrons. The zero-order chi connectivity index (χ0) is 14.3. The van der Waals surface area contributed by atoms with Gasteiger partial charge in [-0.3, -0.25) is 9.59 Å². The van der Waals surface area contributed by atoms with Crippen molar-refractivity contribution in [3.8, 4) is 0 Å². The molecule has 0 aromatic heterocycles. The monoisotopic (exact) mass is 264 g/mol. The largest absolute Gasteiger partial charge is 0.481 e. The van der Waals surface area contributed by atoms with Gasteiger partial charge in [0.2, 0.25) is 5.91 Å². The molecule has 5 heteroatoms. The van der Waals surface area contributed by atoms with Gasteiger partial charge in [0, 0.05) is 11.7 Å². The van der Waals surface area contributed by atoms with Crippen LogP contribution in [0.2, 0.25) is 0 Å². The fraction of sp³-hybridized carbons (Fsp3) is 0.429. The van der Waals surface area contributed by atoms with E-state index >= 15 is 0 Å². The molecule has 0 spiro atoms. The van der Waals surface area contributed by atoms with E-state index in [-0.39, 0.29) is 30.8 Å². The lowest BCUT2D eigenvalue weighted by molar-refractivity contribution is -0.138. The molecule has 0 aliphatic rings. The number of aliphatic carboxylic acids is 1. The van der Waals surface area contributed by atoms with E-state index in [2.05, 4.69) is 10.6 Å². The Balaban J connectivity index is 2.42. The quantitative estimate of drug-likeness (QED) is 0.700. The van der Waals surface area contributed by atoms with E-state index in [1.807, 2.05) is 44.2 Å². The second-order valence-electron chi connectivity index (χ2n) is 4.74. The average molecular weight is 264 g/mol. The number of anilines is 1. The van der Waals surface area contributed by atoms with Crippen LogP contribution in [0.1, 0.15) is 20.3 Å². The van der Waals surface area contributed by atoms with Crippen LogP contribution in [0.4, 0.5) is 5.69 Å². The predicted molar refractivity (Wildman–Crippen MR) is 74.0 cm³/mol. The molecule has 0 fully saturated rings. The van der Waals surface area contributed by atoms with Crippen molar-refractivity contribution < 1.29 is 14.7 Å². The van der Waals surface area contributed by atoms with Crippen LogP contribution in [-0.2, 0) is 9.59 Å². The maximum Gasteiger partial charge on any atom is 0.305 e. The highest BCUT2D eigenvalue weighted by molar-refractivity contribution is 5.81. The van der Waals surface area contributed by atoms with Crippen molar-refractivity contribution >= 4 is 17.6 Å². The van der Waals surface area contributed by atoms with E-state index in [1.54, 1.807) is 0 Å². The van der Waals surface area contributed by atoms with Crippen molar-refractivity contribution in [2.45, 2.75) is 26.3 Å². The Morgan fingerprint density at radius 3 is 2.37 bits per heavy atom. The maximum atomic E-state index is 11.7. The summed E-state index contributed by atoms with van der Waals surface area (Å²) >= 11 is 0. The molecule has 1 atom stereocenters. The Labute approximate surface area is 113 Å². The average Bonchev–Trinajstić information content (AvgIpc) is 2.36. The van der Waals surface area contributed by atoms with Gasteiger partial charge in [-0.15, -0.1) is 0 Å². The van der Waals surface area contributed by atoms with Gasteiger partial charge < -0.3 is 15.7 Å². The van der Waals surface area contributed by atoms with Crippen LogP contribution < -0.4 is 10.6 Å². The van der Waals surface area contributed by atoms with E-state index in [1.165, 1.54) is 0 Å². The third-order valence-electron chi connectivity index (χ3n) is 2.77. The Morgan fingerprint density at radius 2 is 1.84 bits per heavy atom. The SMILES string of the molecule is CC(C)C(CC(=O)O)NC(=O)CNc1ccccc1. The first-order valence-corrected chi connectivity index (χ1v) is 6.29. The Bertz CT molecular complexity index is 418. The second kappa shape index (κ2) is 7.41. The number of carboxylic acid groups (broad SMARTS) is 1. The van der Waals surface area contributed by atoms with Gasteiger partial charge in [0.05, 0.1) is 13.0 Å². The number of amides is 1. The molecule has 0 aliphatic heterocycles. The van der Waals surface area contributed by atoms with Crippen molar-refractivity contribution in [2.24, 2.45) is 5.92 Å². The second-order valence-corrected chi connectivity index (χ2v) is 4.74. The Morgan fingerprint density at radius 1 is 1.21 bits per heavy atom. The molecular weight excluding hydrogens is 244 g/mol. The summed E-state index contributed by atoms with van der Waals surface area (Å²) in [5, 5.41) is 14.5. The number of benzene rings is 1. The van der Waals surface area contributed by atoms with Gasteiger partial charge >= 0.3 is 5.97 Å². The smallest absolute Gasteiger partial charge is 0.305 e. The highest BCUT2D eigenvalue weighted by Gasteiger charge is 2.18. The number of rotatable bonds is 7. The van der Waals surface area contributed by atoms with E-state index < -0.39 is 5.97 Å². The lowest BCUT2D eigenvalue weighted by Gasteiger charge is -2.20. The number of hydrogen-bond donors (Lipinski definition) is 3. The molecule has 0 bridgehead atoms. The van der Waals surface area contributed by atoms with Gasteiger partial charge in [0.1, 0.15) is 0 Å². The first-order valence-electron chi connectivity index (χ1n) is 6.29. The minimum absolute atomic E-state index is 0.0608. The molecule has 1 amide bonds. The molecular formula is C14H20N2O3. The molecule has 3 N–H and O–H groups in total. The van der Waals surface area contributed by atoms with Gasteiger partial charge in [0.15, 0.2) is 0 Å². The fourth-order valence-corrected chi connectivity index (χ4v) is 1.64. The minimum Gasteiger partial charge on any atom is -0.481 e. The Kier molecular flexibility index (Phi) is 5.85. The van der Waals surface area contributed by atoms with Gasteiger partial charge in [0.25, 0.3) is 0 Å². The van der Waals surface area contributed by atoms with E-state index in [0.29, 0.717) is 0 Å². The summed E-state index contributed by atoms with van der Waals surface area (Å²) in [7, 11) is 0. The zero-order valence-corrected chi connectivity index (χ0v) is 11.2.